The molecule has 1 aromatic heterocycles. The molecule has 1 aliphatic heterocycles. The van der Waals surface area contributed by atoms with Gasteiger partial charge >= 0.3 is 0 Å². The zero-order valence-corrected chi connectivity index (χ0v) is 20.3. The average Bonchev–Trinajstić information content (AvgIpc) is 3.13. The molecule has 0 radical (unpaired) electrons. The molecule has 1 unspecified atom stereocenters. The Kier molecular flexibility index (Phi) is 7.15. The number of aromatic nitrogens is 1. The van der Waals surface area contributed by atoms with Crippen molar-refractivity contribution in [1.82, 2.24) is 4.98 Å². The van der Waals surface area contributed by atoms with E-state index in [1.54, 1.807) is 72.9 Å². The van der Waals surface area contributed by atoms with E-state index < -0.39 is 17.7 Å². The Hall–Kier alpha value is -4.46. The quantitative estimate of drug-likeness (QED) is 0.285. The summed E-state index contributed by atoms with van der Waals surface area (Å²) in [5, 5.41) is 13.9. The number of Topliss-reactive ketones (excluding diaryl/α,β-unsaturated/α-hetero) is 1. The van der Waals surface area contributed by atoms with Crippen LogP contribution >= 0.6 is 0 Å². The van der Waals surface area contributed by atoms with Gasteiger partial charge in [0.05, 0.1) is 17.9 Å². The lowest BCUT2D eigenvalue weighted by atomic mass is 9.98. The summed E-state index contributed by atoms with van der Waals surface area (Å²) in [6.07, 6.45) is 1.56. The molecule has 36 heavy (non-hydrogen) atoms. The van der Waals surface area contributed by atoms with Crippen LogP contribution in [0, 0.1) is 5.92 Å². The first kappa shape index (κ1) is 24.7. The lowest BCUT2D eigenvalue weighted by Gasteiger charge is -2.25. The number of carbonyl (C=O) groups is 3. The van der Waals surface area contributed by atoms with Gasteiger partial charge in [0.1, 0.15) is 17.6 Å². The van der Waals surface area contributed by atoms with Gasteiger partial charge in [-0.25, -0.2) is 0 Å². The molecule has 0 aliphatic carbocycles. The Bertz CT molecular complexity index is 1320. The molecular weight excluding hydrogens is 458 g/mol. The molecule has 2 amide bonds. The van der Waals surface area contributed by atoms with Crippen molar-refractivity contribution >= 4 is 34.7 Å². The van der Waals surface area contributed by atoms with E-state index in [1.807, 2.05) is 13.8 Å². The first-order valence-electron chi connectivity index (χ1n) is 11.6. The largest absolute Gasteiger partial charge is 0.507 e. The molecule has 0 bridgehead atoms. The highest BCUT2D eigenvalue weighted by Gasteiger charge is 2.47. The predicted octanol–water partition coefficient (Wildman–Crippen LogP) is 4.70. The molecule has 2 aromatic carbocycles. The van der Waals surface area contributed by atoms with E-state index in [2.05, 4.69) is 10.3 Å². The fourth-order valence-corrected chi connectivity index (χ4v) is 3.98. The van der Waals surface area contributed by atoms with Gasteiger partial charge < -0.3 is 15.2 Å². The number of nitrogens with one attached hydrogen (secondary N) is 1. The van der Waals surface area contributed by atoms with E-state index in [4.69, 9.17) is 4.74 Å². The van der Waals surface area contributed by atoms with Crippen LogP contribution in [0.15, 0.2) is 78.5 Å². The van der Waals surface area contributed by atoms with Crippen molar-refractivity contribution in [2.45, 2.75) is 26.8 Å². The molecule has 1 fully saturated rings. The lowest BCUT2D eigenvalue weighted by molar-refractivity contribution is -0.132. The zero-order chi connectivity index (χ0) is 25.8. The third-order valence-corrected chi connectivity index (χ3v) is 5.57. The van der Waals surface area contributed by atoms with Gasteiger partial charge in [0.15, 0.2) is 0 Å². The van der Waals surface area contributed by atoms with Crippen molar-refractivity contribution in [3.05, 3.63) is 89.8 Å². The van der Waals surface area contributed by atoms with E-state index in [9.17, 15) is 19.5 Å². The summed E-state index contributed by atoms with van der Waals surface area (Å²) in [6.45, 7) is 6.02. The maximum atomic E-state index is 13.3. The fraction of sp³-hybridized carbons (Fsp3) is 0.214. The Morgan fingerprint density at radius 3 is 2.47 bits per heavy atom. The minimum Gasteiger partial charge on any atom is -0.507 e. The number of amides is 2. The third-order valence-electron chi connectivity index (χ3n) is 5.57. The summed E-state index contributed by atoms with van der Waals surface area (Å²) in [5.74, 6) is -1.21. The van der Waals surface area contributed by atoms with Gasteiger partial charge in [-0.05, 0) is 60.5 Å². The van der Waals surface area contributed by atoms with E-state index in [0.29, 0.717) is 40.9 Å². The lowest BCUT2D eigenvalue weighted by Crippen LogP contribution is -2.30. The van der Waals surface area contributed by atoms with Gasteiger partial charge in [-0.2, -0.15) is 0 Å². The summed E-state index contributed by atoms with van der Waals surface area (Å²) >= 11 is 0. The number of aliphatic hydroxyl groups is 1. The van der Waals surface area contributed by atoms with Crippen LogP contribution in [0.1, 0.15) is 38.1 Å². The minimum atomic E-state index is -0.962. The van der Waals surface area contributed by atoms with Crippen molar-refractivity contribution in [2.75, 3.05) is 16.8 Å². The smallest absolute Gasteiger partial charge is 0.300 e. The second-order valence-corrected chi connectivity index (χ2v) is 8.88. The summed E-state index contributed by atoms with van der Waals surface area (Å²) in [4.78, 5) is 43.7. The number of ether oxygens (including phenoxy) is 1. The van der Waals surface area contributed by atoms with Crippen molar-refractivity contribution in [1.29, 1.82) is 0 Å². The average molecular weight is 486 g/mol. The third kappa shape index (κ3) is 5.12. The van der Waals surface area contributed by atoms with Crippen LogP contribution in [0.3, 0.4) is 0 Å². The second-order valence-electron chi connectivity index (χ2n) is 8.88. The molecule has 8 heteroatoms. The molecule has 184 valence electrons. The molecular formula is C28H27N3O5. The number of rotatable bonds is 7. The Labute approximate surface area is 209 Å². The number of benzene rings is 2. The molecule has 0 spiro atoms. The molecule has 2 heterocycles. The first-order chi connectivity index (χ1) is 17.3. The summed E-state index contributed by atoms with van der Waals surface area (Å²) in [5.41, 5.74) is 1.58. The number of aliphatic hydroxyl groups excluding tert-OH is 1. The molecule has 4 rings (SSSR count). The van der Waals surface area contributed by atoms with E-state index in [0.717, 1.165) is 0 Å². The highest BCUT2D eigenvalue weighted by atomic mass is 16.5. The van der Waals surface area contributed by atoms with Crippen LogP contribution in [-0.2, 0) is 14.4 Å². The standard InChI is InChI=1S/C28H27N3O5/c1-17(2)16-36-22-12-10-19(11-13-22)26(33)24-25(23-9-4-5-14-29-23)31(28(35)27(24)34)21-8-6-7-20(15-21)30-18(3)32/h4-15,17,25,33H,16H2,1-3H3,(H,30,32)/b26-24+. The van der Waals surface area contributed by atoms with Gasteiger partial charge in [-0.1, -0.05) is 26.0 Å². The van der Waals surface area contributed by atoms with Crippen molar-refractivity contribution in [3.8, 4) is 5.75 Å². The van der Waals surface area contributed by atoms with Crippen LogP contribution in [0.5, 0.6) is 5.75 Å². The van der Waals surface area contributed by atoms with Crippen LogP contribution in [-0.4, -0.2) is 34.3 Å². The first-order valence-corrected chi connectivity index (χ1v) is 11.6. The SMILES string of the molecule is CC(=O)Nc1cccc(N2C(=O)C(=O)/C(=C(/O)c3ccc(OCC(C)C)cc3)C2c2ccccn2)c1. The highest BCUT2D eigenvalue weighted by molar-refractivity contribution is 6.51. The van der Waals surface area contributed by atoms with E-state index >= 15 is 0 Å². The van der Waals surface area contributed by atoms with Crippen LogP contribution in [0.25, 0.3) is 5.76 Å². The Balaban J connectivity index is 1.80. The molecule has 1 atom stereocenters. The number of anilines is 2. The monoisotopic (exact) mass is 485 g/mol. The number of nitrogens with zero attached hydrogens (tertiary/aromatic N) is 2. The summed E-state index contributed by atoms with van der Waals surface area (Å²) in [6, 6.07) is 17.5. The summed E-state index contributed by atoms with van der Waals surface area (Å²) in [7, 11) is 0. The molecule has 2 N–H and O–H groups in total. The van der Waals surface area contributed by atoms with Gasteiger partial charge in [0.2, 0.25) is 5.91 Å². The minimum absolute atomic E-state index is 0.0699. The maximum Gasteiger partial charge on any atom is 0.300 e. The number of carbonyl (C=O) groups excluding carboxylic acids is 3. The fourth-order valence-electron chi connectivity index (χ4n) is 3.98. The van der Waals surface area contributed by atoms with E-state index in [-0.39, 0.29) is 17.2 Å². The predicted molar refractivity (Wildman–Crippen MR) is 137 cm³/mol. The molecule has 3 aromatic rings. The Morgan fingerprint density at radius 1 is 1.08 bits per heavy atom. The van der Waals surface area contributed by atoms with E-state index in [1.165, 1.54) is 11.8 Å². The molecule has 1 aliphatic rings. The number of pyridine rings is 1. The molecule has 1 saturated heterocycles. The van der Waals surface area contributed by atoms with Crippen LogP contribution < -0.4 is 15.0 Å². The second kappa shape index (κ2) is 10.4. The van der Waals surface area contributed by atoms with Crippen molar-refractivity contribution < 1.29 is 24.2 Å². The van der Waals surface area contributed by atoms with Crippen molar-refractivity contribution in [2.24, 2.45) is 5.92 Å². The van der Waals surface area contributed by atoms with Gasteiger partial charge in [0.25, 0.3) is 11.7 Å². The number of hydrogen-bond acceptors (Lipinski definition) is 6. The highest BCUT2D eigenvalue weighted by Crippen LogP contribution is 2.42. The number of ketones is 1. The maximum absolute atomic E-state index is 13.3. The van der Waals surface area contributed by atoms with Gasteiger partial charge in [-0.3, -0.25) is 24.3 Å². The van der Waals surface area contributed by atoms with Crippen LogP contribution in [0.2, 0.25) is 0 Å². The van der Waals surface area contributed by atoms with Crippen molar-refractivity contribution in [3.63, 3.8) is 0 Å². The van der Waals surface area contributed by atoms with Gasteiger partial charge in [-0.15, -0.1) is 0 Å². The molecule has 0 saturated carbocycles. The Morgan fingerprint density at radius 2 is 1.83 bits per heavy atom. The normalized spacial score (nSPS) is 16.9. The number of hydrogen-bond donors (Lipinski definition) is 2. The zero-order valence-electron chi connectivity index (χ0n) is 20.3. The molecule has 8 nitrogen and oxygen atoms in total. The van der Waals surface area contributed by atoms with Gasteiger partial charge in [0, 0.05) is 30.1 Å². The van der Waals surface area contributed by atoms with Crippen LogP contribution in [0.4, 0.5) is 11.4 Å². The summed E-state index contributed by atoms with van der Waals surface area (Å²) < 4.78 is 5.70. The topological polar surface area (TPSA) is 109 Å².